The van der Waals surface area contributed by atoms with Gasteiger partial charge in [0.05, 0.1) is 12.2 Å². The van der Waals surface area contributed by atoms with Gasteiger partial charge in [-0.05, 0) is 71.7 Å². The van der Waals surface area contributed by atoms with Gasteiger partial charge in [0.1, 0.15) is 11.2 Å². The van der Waals surface area contributed by atoms with E-state index in [0.29, 0.717) is 11.3 Å². The largest absolute Gasteiger partial charge is 0.443 e. The summed E-state index contributed by atoms with van der Waals surface area (Å²) in [7, 11) is 0. The summed E-state index contributed by atoms with van der Waals surface area (Å²) in [6.45, 7) is 11.9. The number of amides is 4. The number of anilines is 1. The van der Waals surface area contributed by atoms with Gasteiger partial charge in [-0.2, -0.15) is 0 Å². The van der Waals surface area contributed by atoms with Crippen molar-refractivity contribution in [3.05, 3.63) is 29.3 Å². The van der Waals surface area contributed by atoms with Crippen LogP contribution in [0.2, 0.25) is 0 Å². The molecule has 0 aliphatic rings. The molecule has 0 saturated carbocycles. The number of urea groups is 1. The van der Waals surface area contributed by atoms with Gasteiger partial charge in [-0.25, -0.2) is 23.6 Å². The number of carbonyl (C=O) groups excluding carboxylic acids is 3. The van der Waals surface area contributed by atoms with Gasteiger partial charge in [-0.1, -0.05) is 18.9 Å². The fraction of sp³-hybridized carbons (Fsp3) is 0.526. The lowest BCUT2D eigenvalue weighted by molar-refractivity contribution is -0.000273. The van der Waals surface area contributed by atoms with E-state index in [0.717, 1.165) is 14.8 Å². The standard InChI is InChI=1S/C19H29N3O5S/c1-12-8-9-14(22(28)15(20)23)10-13(12)11-21(16(24)26-18(2,3)4)17(25)27-19(5,6)7/h8-10,28H,11H2,1-7H3,(H2,20,23). The van der Waals surface area contributed by atoms with Gasteiger partial charge in [-0.3, -0.25) is 0 Å². The van der Waals surface area contributed by atoms with Gasteiger partial charge >= 0.3 is 18.2 Å². The summed E-state index contributed by atoms with van der Waals surface area (Å²) < 4.78 is 11.7. The molecule has 0 heterocycles. The molecule has 4 amide bonds. The number of hydrogen-bond donors (Lipinski definition) is 2. The monoisotopic (exact) mass is 411 g/mol. The Morgan fingerprint density at radius 3 is 1.86 bits per heavy atom. The maximum atomic E-state index is 12.6. The summed E-state index contributed by atoms with van der Waals surface area (Å²) in [6, 6.07) is 4.25. The average molecular weight is 412 g/mol. The van der Waals surface area contributed by atoms with Gasteiger partial charge in [0.15, 0.2) is 0 Å². The minimum absolute atomic E-state index is 0.107. The fourth-order valence-electron chi connectivity index (χ4n) is 2.10. The summed E-state index contributed by atoms with van der Waals surface area (Å²) in [5.74, 6) is 0. The number of thiol groups is 1. The van der Waals surface area contributed by atoms with E-state index in [9.17, 15) is 14.4 Å². The molecule has 1 aromatic rings. The van der Waals surface area contributed by atoms with Gasteiger partial charge in [-0.15, -0.1) is 0 Å². The van der Waals surface area contributed by atoms with Crippen LogP contribution in [-0.4, -0.2) is 34.3 Å². The van der Waals surface area contributed by atoms with E-state index in [1.165, 1.54) is 0 Å². The molecular weight excluding hydrogens is 382 g/mol. The molecule has 0 aliphatic heterocycles. The lowest BCUT2D eigenvalue weighted by Crippen LogP contribution is -2.43. The summed E-state index contributed by atoms with van der Waals surface area (Å²) >= 11 is 4.04. The van der Waals surface area contributed by atoms with Crippen LogP contribution in [0, 0.1) is 6.92 Å². The van der Waals surface area contributed by atoms with Crippen LogP contribution < -0.4 is 10.0 Å². The van der Waals surface area contributed by atoms with Crippen molar-refractivity contribution in [2.75, 3.05) is 4.31 Å². The minimum atomic E-state index is -0.829. The van der Waals surface area contributed by atoms with Crippen LogP contribution in [0.1, 0.15) is 52.7 Å². The Kier molecular flexibility index (Phi) is 7.36. The van der Waals surface area contributed by atoms with Crippen LogP contribution >= 0.6 is 12.8 Å². The highest BCUT2D eigenvalue weighted by molar-refractivity contribution is 7.82. The second-order valence-electron chi connectivity index (χ2n) is 8.31. The van der Waals surface area contributed by atoms with Crippen molar-refractivity contribution in [1.29, 1.82) is 0 Å². The van der Waals surface area contributed by atoms with E-state index in [-0.39, 0.29) is 6.54 Å². The summed E-state index contributed by atoms with van der Waals surface area (Å²) in [5, 5.41) is 0. The fourth-order valence-corrected chi connectivity index (χ4v) is 2.22. The normalized spacial score (nSPS) is 11.6. The SMILES string of the molecule is Cc1ccc(N(S)C(N)=O)cc1CN(C(=O)OC(C)(C)C)C(=O)OC(C)(C)C. The molecular formula is C19H29N3O5S. The first-order chi connectivity index (χ1) is 12.6. The first-order valence-electron chi connectivity index (χ1n) is 8.72. The van der Waals surface area contributed by atoms with E-state index in [1.54, 1.807) is 59.7 Å². The molecule has 0 bridgehead atoms. The molecule has 0 saturated heterocycles. The third-order valence-electron chi connectivity index (χ3n) is 3.34. The van der Waals surface area contributed by atoms with E-state index in [2.05, 4.69) is 12.8 Å². The maximum absolute atomic E-state index is 12.6. The number of rotatable bonds is 3. The minimum Gasteiger partial charge on any atom is -0.443 e. The first kappa shape index (κ1) is 23.6. The van der Waals surface area contributed by atoms with Gasteiger partial charge < -0.3 is 15.2 Å². The number of primary amides is 1. The summed E-state index contributed by atoms with van der Waals surface area (Å²) in [5.41, 5.74) is 5.48. The van der Waals surface area contributed by atoms with Crippen molar-refractivity contribution >= 4 is 36.7 Å². The highest BCUT2D eigenvalue weighted by Gasteiger charge is 2.31. The second kappa shape index (κ2) is 8.72. The molecule has 0 aliphatic carbocycles. The smallest absolute Gasteiger partial charge is 0.420 e. The lowest BCUT2D eigenvalue weighted by Gasteiger charge is -2.29. The molecule has 0 fully saturated rings. The van der Waals surface area contributed by atoms with E-state index in [4.69, 9.17) is 15.2 Å². The van der Waals surface area contributed by atoms with Crippen LogP contribution in [0.5, 0.6) is 0 Å². The van der Waals surface area contributed by atoms with E-state index >= 15 is 0 Å². The Bertz CT molecular complexity index is 725. The zero-order valence-electron chi connectivity index (χ0n) is 17.4. The zero-order valence-corrected chi connectivity index (χ0v) is 18.3. The lowest BCUT2D eigenvalue weighted by atomic mass is 10.1. The maximum Gasteiger partial charge on any atom is 0.420 e. The number of ether oxygens (including phenoxy) is 2. The molecule has 0 atom stereocenters. The second-order valence-corrected chi connectivity index (χ2v) is 8.71. The van der Waals surface area contributed by atoms with Crippen LogP contribution in [0.4, 0.5) is 20.1 Å². The predicted octanol–water partition coefficient (Wildman–Crippen LogP) is 4.40. The Hall–Kier alpha value is -2.42. The van der Waals surface area contributed by atoms with Crippen molar-refractivity contribution in [3.63, 3.8) is 0 Å². The average Bonchev–Trinajstić information content (AvgIpc) is 2.49. The van der Waals surface area contributed by atoms with Gasteiger partial charge in [0, 0.05) is 0 Å². The summed E-state index contributed by atoms with van der Waals surface area (Å²) in [4.78, 5) is 37.5. The Morgan fingerprint density at radius 2 is 1.46 bits per heavy atom. The topological polar surface area (TPSA) is 102 Å². The number of imide groups is 1. The molecule has 9 heteroatoms. The number of aryl methyl sites for hydroxylation is 1. The Balaban J connectivity index is 3.25. The number of carbonyl (C=O) groups is 3. The van der Waals surface area contributed by atoms with Crippen molar-refractivity contribution in [1.82, 2.24) is 4.90 Å². The van der Waals surface area contributed by atoms with E-state index in [1.807, 2.05) is 6.92 Å². The van der Waals surface area contributed by atoms with Crippen LogP contribution in [0.15, 0.2) is 18.2 Å². The number of hydrogen-bond acceptors (Lipinski definition) is 6. The highest BCUT2D eigenvalue weighted by Crippen LogP contribution is 2.24. The van der Waals surface area contributed by atoms with Crippen LogP contribution in [0.25, 0.3) is 0 Å². The summed E-state index contributed by atoms with van der Waals surface area (Å²) in [6.07, 6.45) is -1.66. The molecule has 0 aromatic heterocycles. The molecule has 0 spiro atoms. The first-order valence-corrected chi connectivity index (χ1v) is 9.12. The molecule has 0 radical (unpaired) electrons. The van der Waals surface area contributed by atoms with Crippen molar-refractivity contribution in [3.8, 4) is 0 Å². The molecule has 8 nitrogen and oxygen atoms in total. The quantitative estimate of drug-likeness (QED) is 0.718. The van der Waals surface area contributed by atoms with Crippen molar-refractivity contribution in [2.24, 2.45) is 5.73 Å². The molecule has 2 N–H and O–H groups in total. The van der Waals surface area contributed by atoms with Gasteiger partial charge in [0.2, 0.25) is 0 Å². The molecule has 28 heavy (non-hydrogen) atoms. The highest BCUT2D eigenvalue weighted by atomic mass is 32.1. The third kappa shape index (κ3) is 7.30. The molecule has 1 rings (SSSR count). The zero-order chi connectivity index (χ0) is 21.9. The van der Waals surface area contributed by atoms with Crippen molar-refractivity contribution < 1.29 is 23.9 Å². The third-order valence-corrected chi connectivity index (χ3v) is 3.77. The molecule has 1 aromatic carbocycles. The number of nitrogens with zero attached hydrogens (tertiary/aromatic N) is 2. The van der Waals surface area contributed by atoms with E-state index < -0.39 is 29.4 Å². The van der Waals surface area contributed by atoms with Crippen LogP contribution in [-0.2, 0) is 16.0 Å². The predicted molar refractivity (Wildman–Crippen MR) is 110 cm³/mol. The van der Waals surface area contributed by atoms with Crippen molar-refractivity contribution in [2.45, 2.75) is 66.2 Å². The van der Waals surface area contributed by atoms with Crippen LogP contribution in [0.3, 0.4) is 0 Å². The Morgan fingerprint density at radius 1 is 1.00 bits per heavy atom. The van der Waals surface area contributed by atoms with Gasteiger partial charge in [0.25, 0.3) is 0 Å². The number of nitrogens with two attached hydrogens (primary N) is 1. The molecule has 0 unspecified atom stereocenters. The number of benzene rings is 1. The molecule has 156 valence electrons. The Labute approximate surface area is 171 Å².